The Kier molecular flexibility index (Phi) is 2.16. The van der Waals surface area contributed by atoms with Crippen molar-refractivity contribution < 1.29 is 0 Å². The van der Waals surface area contributed by atoms with E-state index in [4.69, 9.17) is 0 Å². The minimum atomic E-state index is -0.724. The summed E-state index contributed by atoms with van der Waals surface area (Å²) in [5.74, 6) is 0. The number of hydrogen-bond donors (Lipinski definition) is 1. The molecule has 18 heavy (non-hydrogen) atoms. The molecule has 1 aliphatic heterocycles. The van der Waals surface area contributed by atoms with Crippen molar-refractivity contribution in [1.82, 2.24) is 10.2 Å². The first kappa shape index (κ1) is 10.8. The van der Waals surface area contributed by atoms with Gasteiger partial charge in [-0.05, 0) is 19.4 Å². The molecule has 2 heterocycles. The van der Waals surface area contributed by atoms with E-state index < -0.39 is 5.54 Å². The van der Waals surface area contributed by atoms with Gasteiger partial charge in [0.15, 0.2) is 0 Å². The standard InChI is InChI=1S/C13H12N4O/c1-8-11-10(12(18)16-14-8)13(2,17-15-11)9-6-4-3-5-7-9/h3-7H,1-2H3,(H,16,18). The molecule has 0 bridgehead atoms. The first-order valence-electron chi connectivity index (χ1n) is 5.71. The van der Waals surface area contributed by atoms with Crippen molar-refractivity contribution in [1.29, 1.82) is 0 Å². The summed E-state index contributed by atoms with van der Waals surface area (Å²) < 4.78 is 0. The van der Waals surface area contributed by atoms with Crippen molar-refractivity contribution in [3.8, 4) is 0 Å². The average molecular weight is 240 g/mol. The lowest BCUT2D eigenvalue weighted by Crippen LogP contribution is -2.28. The number of aromatic nitrogens is 2. The van der Waals surface area contributed by atoms with Gasteiger partial charge in [0.1, 0.15) is 11.2 Å². The monoisotopic (exact) mass is 240 g/mol. The average Bonchev–Trinajstić information content (AvgIpc) is 2.76. The van der Waals surface area contributed by atoms with Crippen LogP contribution in [-0.4, -0.2) is 10.2 Å². The number of H-pyrrole nitrogens is 1. The fraction of sp³-hybridized carbons (Fsp3) is 0.231. The van der Waals surface area contributed by atoms with Crippen LogP contribution in [0, 0.1) is 6.92 Å². The van der Waals surface area contributed by atoms with Gasteiger partial charge in [0, 0.05) is 0 Å². The molecule has 1 unspecified atom stereocenters. The zero-order valence-electron chi connectivity index (χ0n) is 10.1. The minimum absolute atomic E-state index is 0.230. The summed E-state index contributed by atoms with van der Waals surface area (Å²) in [6, 6.07) is 9.68. The number of fused-ring (bicyclic) bond motifs is 1. The Morgan fingerprint density at radius 1 is 1.22 bits per heavy atom. The molecule has 90 valence electrons. The van der Waals surface area contributed by atoms with E-state index in [2.05, 4.69) is 20.4 Å². The van der Waals surface area contributed by atoms with E-state index in [1.807, 2.05) is 44.2 Å². The van der Waals surface area contributed by atoms with Gasteiger partial charge >= 0.3 is 0 Å². The molecule has 0 radical (unpaired) electrons. The van der Waals surface area contributed by atoms with Crippen LogP contribution in [0.4, 0.5) is 5.69 Å². The van der Waals surface area contributed by atoms with Gasteiger partial charge in [0.25, 0.3) is 5.56 Å². The largest absolute Gasteiger partial charge is 0.272 e. The Labute approximate surface area is 104 Å². The number of nitrogens with zero attached hydrogens (tertiary/aromatic N) is 3. The first-order valence-corrected chi connectivity index (χ1v) is 5.71. The highest BCUT2D eigenvalue weighted by Gasteiger charge is 2.39. The van der Waals surface area contributed by atoms with Crippen molar-refractivity contribution in [2.75, 3.05) is 0 Å². The number of aromatic amines is 1. The number of azo groups is 1. The van der Waals surface area contributed by atoms with Gasteiger partial charge in [-0.3, -0.25) is 4.79 Å². The highest BCUT2D eigenvalue weighted by Crippen LogP contribution is 2.43. The summed E-state index contributed by atoms with van der Waals surface area (Å²) >= 11 is 0. The van der Waals surface area contributed by atoms with Crippen molar-refractivity contribution in [2.24, 2.45) is 10.2 Å². The second kappa shape index (κ2) is 3.60. The van der Waals surface area contributed by atoms with E-state index in [0.717, 1.165) is 5.56 Å². The minimum Gasteiger partial charge on any atom is -0.268 e. The molecule has 1 aliphatic rings. The molecule has 0 aliphatic carbocycles. The fourth-order valence-corrected chi connectivity index (χ4v) is 2.27. The molecule has 1 N–H and O–H groups in total. The Morgan fingerprint density at radius 2 is 1.94 bits per heavy atom. The molecule has 1 atom stereocenters. The van der Waals surface area contributed by atoms with E-state index in [1.165, 1.54) is 0 Å². The van der Waals surface area contributed by atoms with Crippen molar-refractivity contribution >= 4 is 5.69 Å². The van der Waals surface area contributed by atoms with Gasteiger partial charge in [-0.25, -0.2) is 5.10 Å². The summed E-state index contributed by atoms with van der Waals surface area (Å²) in [5, 5.41) is 14.8. The van der Waals surface area contributed by atoms with Gasteiger partial charge in [-0.1, -0.05) is 30.3 Å². The van der Waals surface area contributed by atoms with E-state index in [9.17, 15) is 4.79 Å². The van der Waals surface area contributed by atoms with E-state index in [1.54, 1.807) is 0 Å². The maximum atomic E-state index is 12.0. The zero-order chi connectivity index (χ0) is 12.8. The zero-order valence-corrected chi connectivity index (χ0v) is 10.1. The Morgan fingerprint density at radius 3 is 2.67 bits per heavy atom. The number of benzene rings is 1. The third-order valence-electron chi connectivity index (χ3n) is 3.30. The fourth-order valence-electron chi connectivity index (χ4n) is 2.27. The van der Waals surface area contributed by atoms with Crippen LogP contribution in [0.1, 0.15) is 23.7 Å². The lowest BCUT2D eigenvalue weighted by molar-refractivity contribution is 0.594. The summed E-state index contributed by atoms with van der Waals surface area (Å²) in [6.45, 7) is 3.71. The molecule has 1 aromatic carbocycles. The maximum absolute atomic E-state index is 12.0. The van der Waals surface area contributed by atoms with E-state index in [-0.39, 0.29) is 5.56 Å². The number of aryl methyl sites for hydroxylation is 1. The summed E-state index contributed by atoms with van der Waals surface area (Å²) in [5.41, 5.74) is 1.84. The smallest absolute Gasteiger partial charge is 0.268 e. The SMILES string of the molecule is Cc1n[nH]c(=O)c2c1N=NC2(C)c1ccccc1. The Hall–Kier alpha value is -2.30. The van der Waals surface area contributed by atoms with Crippen molar-refractivity contribution in [2.45, 2.75) is 19.4 Å². The topological polar surface area (TPSA) is 70.5 Å². The molecule has 3 rings (SSSR count). The van der Waals surface area contributed by atoms with Crippen LogP contribution in [0.25, 0.3) is 0 Å². The van der Waals surface area contributed by atoms with E-state index in [0.29, 0.717) is 16.9 Å². The third kappa shape index (κ3) is 1.33. The molecule has 0 saturated heterocycles. The van der Waals surface area contributed by atoms with Crippen LogP contribution in [-0.2, 0) is 5.54 Å². The quantitative estimate of drug-likeness (QED) is 0.831. The van der Waals surface area contributed by atoms with Crippen LogP contribution in [0.3, 0.4) is 0 Å². The summed E-state index contributed by atoms with van der Waals surface area (Å²) in [7, 11) is 0. The predicted molar refractivity (Wildman–Crippen MR) is 67.0 cm³/mol. The molecule has 2 aromatic rings. The molecule has 0 saturated carbocycles. The van der Waals surface area contributed by atoms with Crippen molar-refractivity contribution in [3.63, 3.8) is 0 Å². The lowest BCUT2D eigenvalue weighted by atomic mass is 9.86. The predicted octanol–water partition coefficient (Wildman–Crippen LogP) is 2.44. The van der Waals surface area contributed by atoms with Crippen molar-refractivity contribution in [3.05, 3.63) is 57.5 Å². The maximum Gasteiger partial charge on any atom is 0.272 e. The van der Waals surface area contributed by atoms with Crippen LogP contribution in [0.15, 0.2) is 45.4 Å². The van der Waals surface area contributed by atoms with Gasteiger partial charge in [-0.15, -0.1) is 0 Å². The molecule has 0 spiro atoms. The highest BCUT2D eigenvalue weighted by atomic mass is 16.1. The second-order valence-corrected chi connectivity index (χ2v) is 4.50. The summed E-state index contributed by atoms with van der Waals surface area (Å²) in [6.07, 6.45) is 0. The third-order valence-corrected chi connectivity index (χ3v) is 3.30. The second-order valence-electron chi connectivity index (χ2n) is 4.50. The molecular weight excluding hydrogens is 228 g/mol. The van der Waals surface area contributed by atoms with Crippen LogP contribution in [0.2, 0.25) is 0 Å². The Bertz CT molecular complexity index is 690. The normalized spacial score (nSPS) is 21.0. The van der Waals surface area contributed by atoms with Crippen LogP contribution < -0.4 is 5.56 Å². The van der Waals surface area contributed by atoms with Gasteiger partial charge in [-0.2, -0.15) is 15.3 Å². The van der Waals surface area contributed by atoms with Gasteiger partial charge in [0.05, 0.1) is 11.3 Å². The molecule has 5 heteroatoms. The van der Waals surface area contributed by atoms with E-state index >= 15 is 0 Å². The first-order chi connectivity index (χ1) is 8.63. The molecule has 0 fully saturated rings. The van der Waals surface area contributed by atoms with Crippen LogP contribution in [0.5, 0.6) is 0 Å². The molecule has 5 nitrogen and oxygen atoms in total. The number of rotatable bonds is 1. The highest BCUT2D eigenvalue weighted by molar-refractivity contribution is 5.57. The molecular formula is C13H12N4O. The van der Waals surface area contributed by atoms with Gasteiger partial charge < -0.3 is 0 Å². The number of hydrogen-bond acceptors (Lipinski definition) is 4. The van der Waals surface area contributed by atoms with Crippen LogP contribution >= 0.6 is 0 Å². The Balaban J connectivity index is 2.30. The van der Waals surface area contributed by atoms with Gasteiger partial charge in [0.2, 0.25) is 0 Å². The molecule has 1 aromatic heterocycles. The number of nitrogens with one attached hydrogen (secondary N) is 1. The lowest BCUT2D eigenvalue weighted by Gasteiger charge is -2.20. The molecule has 0 amide bonds. The summed E-state index contributed by atoms with van der Waals surface area (Å²) in [4.78, 5) is 12.0.